The van der Waals surface area contributed by atoms with E-state index in [4.69, 9.17) is 0 Å². The van der Waals surface area contributed by atoms with Gasteiger partial charge in [-0.25, -0.2) is 4.39 Å². The molecule has 1 saturated heterocycles. The molecule has 1 unspecified atom stereocenters. The van der Waals surface area contributed by atoms with Crippen molar-refractivity contribution in [3.8, 4) is 0 Å². The number of nitrogens with zero attached hydrogens (tertiary/aromatic N) is 2. The van der Waals surface area contributed by atoms with Crippen LogP contribution in [0.15, 0.2) is 18.5 Å². The maximum atomic E-state index is 13.1. The van der Waals surface area contributed by atoms with E-state index in [1.54, 1.807) is 0 Å². The van der Waals surface area contributed by atoms with Gasteiger partial charge in [0.05, 0.1) is 11.8 Å². The Kier molecular flexibility index (Phi) is 3.99. The molecule has 1 aromatic rings. The summed E-state index contributed by atoms with van der Waals surface area (Å²) in [5.41, 5.74) is 0.370. The number of hydrogen-bond donors (Lipinski definition) is 0. The minimum absolute atomic E-state index is 0.0738. The molecule has 0 aromatic carbocycles. The lowest BCUT2D eigenvalue weighted by atomic mass is 9.80. The molecule has 1 aliphatic carbocycles. The summed E-state index contributed by atoms with van der Waals surface area (Å²) in [5.74, 6) is 0.905. The van der Waals surface area contributed by atoms with E-state index in [1.807, 2.05) is 4.90 Å². The third-order valence-electron chi connectivity index (χ3n) is 4.78. The Morgan fingerprint density at radius 3 is 2.70 bits per heavy atom. The zero-order chi connectivity index (χ0) is 13.9. The first-order chi connectivity index (χ1) is 9.74. The van der Waals surface area contributed by atoms with Crippen LogP contribution in [0.25, 0.3) is 0 Å². The number of pyridine rings is 1. The molecule has 0 radical (unpaired) electrons. The van der Waals surface area contributed by atoms with Gasteiger partial charge in [-0.1, -0.05) is 32.1 Å². The van der Waals surface area contributed by atoms with Crippen molar-refractivity contribution in [2.45, 2.75) is 38.5 Å². The standard InChI is InChI=1S/C16H21FN2O/c17-15-8-14(9-18-10-15)16(20)19-7-6-13(11-19)12-4-2-1-3-5-12/h8-10,12-13H,1-7,11H2. The highest BCUT2D eigenvalue weighted by molar-refractivity contribution is 5.94. The first-order valence-electron chi connectivity index (χ1n) is 7.64. The highest BCUT2D eigenvalue weighted by atomic mass is 19.1. The highest BCUT2D eigenvalue weighted by Gasteiger charge is 2.32. The summed E-state index contributed by atoms with van der Waals surface area (Å²) in [4.78, 5) is 18.0. The number of carbonyl (C=O) groups excluding carboxylic acids is 1. The van der Waals surface area contributed by atoms with Crippen LogP contribution in [0.3, 0.4) is 0 Å². The van der Waals surface area contributed by atoms with Gasteiger partial charge in [-0.15, -0.1) is 0 Å². The van der Waals surface area contributed by atoms with Crippen molar-refractivity contribution in [2.24, 2.45) is 11.8 Å². The molecule has 1 atom stereocenters. The molecule has 2 heterocycles. The van der Waals surface area contributed by atoms with Crippen molar-refractivity contribution in [3.63, 3.8) is 0 Å². The summed E-state index contributed by atoms with van der Waals surface area (Å²) >= 11 is 0. The molecule has 1 amide bonds. The van der Waals surface area contributed by atoms with Gasteiger partial charge in [0.2, 0.25) is 0 Å². The van der Waals surface area contributed by atoms with Gasteiger partial charge in [-0.3, -0.25) is 9.78 Å². The average molecular weight is 276 g/mol. The number of aromatic nitrogens is 1. The van der Waals surface area contributed by atoms with Gasteiger partial charge < -0.3 is 4.90 Å². The molecule has 3 nitrogen and oxygen atoms in total. The minimum atomic E-state index is -0.445. The molecule has 1 saturated carbocycles. The summed E-state index contributed by atoms with van der Waals surface area (Å²) < 4.78 is 13.1. The first-order valence-corrected chi connectivity index (χ1v) is 7.64. The Morgan fingerprint density at radius 2 is 1.95 bits per heavy atom. The van der Waals surface area contributed by atoms with E-state index in [1.165, 1.54) is 44.4 Å². The van der Waals surface area contributed by atoms with E-state index in [0.29, 0.717) is 11.5 Å². The van der Waals surface area contributed by atoms with Gasteiger partial charge in [0.25, 0.3) is 5.91 Å². The van der Waals surface area contributed by atoms with Crippen molar-refractivity contribution in [1.29, 1.82) is 0 Å². The molecule has 2 fully saturated rings. The summed E-state index contributed by atoms with van der Waals surface area (Å²) in [5, 5.41) is 0. The van der Waals surface area contributed by atoms with E-state index in [-0.39, 0.29) is 5.91 Å². The summed E-state index contributed by atoms with van der Waals surface area (Å²) in [6, 6.07) is 1.28. The van der Waals surface area contributed by atoms with Crippen molar-refractivity contribution in [2.75, 3.05) is 13.1 Å². The second kappa shape index (κ2) is 5.90. The fourth-order valence-electron chi connectivity index (χ4n) is 3.67. The predicted molar refractivity (Wildman–Crippen MR) is 74.8 cm³/mol. The van der Waals surface area contributed by atoms with Crippen LogP contribution < -0.4 is 0 Å². The van der Waals surface area contributed by atoms with Gasteiger partial charge >= 0.3 is 0 Å². The minimum Gasteiger partial charge on any atom is -0.338 e. The largest absolute Gasteiger partial charge is 0.338 e. The second-order valence-electron chi connectivity index (χ2n) is 6.09. The fraction of sp³-hybridized carbons (Fsp3) is 0.625. The first kappa shape index (κ1) is 13.5. The molecule has 1 aromatic heterocycles. The number of likely N-dealkylation sites (tertiary alicyclic amines) is 1. The van der Waals surface area contributed by atoms with E-state index in [0.717, 1.165) is 31.6 Å². The van der Waals surface area contributed by atoms with E-state index in [2.05, 4.69) is 4.98 Å². The Labute approximate surface area is 119 Å². The molecule has 0 bridgehead atoms. The molecule has 3 rings (SSSR count). The van der Waals surface area contributed by atoms with E-state index in [9.17, 15) is 9.18 Å². The predicted octanol–water partition coefficient (Wildman–Crippen LogP) is 3.26. The third kappa shape index (κ3) is 2.84. The van der Waals surface area contributed by atoms with Crippen LogP contribution in [0.1, 0.15) is 48.9 Å². The Bertz CT molecular complexity index is 485. The van der Waals surface area contributed by atoms with Crippen molar-refractivity contribution >= 4 is 5.91 Å². The number of carbonyl (C=O) groups is 1. The topological polar surface area (TPSA) is 33.2 Å². The maximum Gasteiger partial charge on any atom is 0.255 e. The van der Waals surface area contributed by atoms with Crippen LogP contribution in [0, 0.1) is 17.7 Å². The number of hydrogen-bond acceptors (Lipinski definition) is 2. The summed E-state index contributed by atoms with van der Waals surface area (Å²) in [6.45, 7) is 1.64. The number of rotatable bonds is 2. The van der Waals surface area contributed by atoms with E-state index < -0.39 is 5.82 Å². The Balaban J connectivity index is 1.63. The second-order valence-corrected chi connectivity index (χ2v) is 6.09. The van der Waals surface area contributed by atoms with Crippen LogP contribution in [0.5, 0.6) is 0 Å². The molecular formula is C16H21FN2O. The molecular weight excluding hydrogens is 255 g/mol. The third-order valence-corrected chi connectivity index (χ3v) is 4.78. The Morgan fingerprint density at radius 1 is 1.15 bits per heavy atom. The SMILES string of the molecule is O=C(c1cncc(F)c1)N1CCC(C2CCCCC2)C1. The lowest BCUT2D eigenvalue weighted by molar-refractivity contribution is 0.0778. The van der Waals surface area contributed by atoms with Crippen molar-refractivity contribution < 1.29 is 9.18 Å². The van der Waals surface area contributed by atoms with Crippen LogP contribution in [0.4, 0.5) is 4.39 Å². The molecule has 4 heteroatoms. The highest BCUT2D eigenvalue weighted by Crippen LogP contribution is 2.35. The molecule has 20 heavy (non-hydrogen) atoms. The van der Waals surface area contributed by atoms with Crippen LogP contribution in [-0.4, -0.2) is 28.9 Å². The van der Waals surface area contributed by atoms with Gasteiger partial charge in [-0.2, -0.15) is 0 Å². The zero-order valence-electron chi connectivity index (χ0n) is 11.7. The van der Waals surface area contributed by atoms with Gasteiger partial charge in [0.15, 0.2) is 0 Å². The van der Waals surface area contributed by atoms with Crippen molar-refractivity contribution in [3.05, 3.63) is 29.8 Å². The molecule has 0 N–H and O–H groups in total. The zero-order valence-corrected chi connectivity index (χ0v) is 11.7. The van der Waals surface area contributed by atoms with E-state index >= 15 is 0 Å². The lowest BCUT2D eigenvalue weighted by Gasteiger charge is -2.27. The van der Waals surface area contributed by atoms with Gasteiger partial charge in [0, 0.05) is 19.3 Å². The fourth-order valence-corrected chi connectivity index (χ4v) is 3.67. The normalized spacial score (nSPS) is 24.1. The lowest BCUT2D eigenvalue weighted by Crippen LogP contribution is -2.30. The number of amides is 1. The molecule has 2 aliphatic rings. The van der Waals surface area contributed by atoms with Gasteiger partial charge in [0.1, 0.15) is 5.82 Å². The molecule has 1 aliphatic heterocycles. The average Bonchev–Trinajstić information content (AvgIpc) is 2.97. The Hall–Kier alpha value is -1.45. The summed E-state index contributed by atoms with van der Waals surface area (Å²) in [7, 11) is 0. The van der Waals surface area contributed by atoms with Crippen LogP contribution in [-0.2, 0) is 0 Å². The van der Waals surface area contributed by atoms with Crippen molar-refractivity contribution in [1.82, 2.24) is 9.88 Å². The molecule has 0 spiro atoms. The number of halogens is 1. The quantitative estimate of drug-likeness (QED) is 0.830. The summed E-state index contributed by atoms with van der Waals surface area (Å²) in [6.07, 6.45) is 10.3. The van der Waals surface area contributed by atoms with Crippen LogP contribution in [0.2, 0.25) is 0 Å². The monoisotopic (exact) mass is 276 g/mol. The van der Waals surface area contributed by atoms with Crippen LogP contribution >= 0.6 is 0 Å². The molecule has 108 valence electrons. The smallest absolute Gasteiger partial charge is 0.255 e. The maximum absolute atomic E-state index is 13.1. The van der Waals surface area contributed by atoms with Gasteiger partial charge in [-0.05, 0) is 24.3 Å².